The summed E-state index contributed by atoms with van der Waals surface area (Å²) in [6.07, 6.45) is -3.26. The summed E-state index contributed by atoms with van der Waals surface area (Å²) in [4.78, 5) is 37.3. The van der Waals surface area contributed by atoms with Gasteiger partial charge in [0.05, 0.1) is 5.56 Å². The van der Waals surface area contributed by atoms with Crippen LogP contribution in [-0.2, 0) is 10.9 Å². The van der Waals surface area contributed by atoms with Gasteiger partial charge in [0.2, 0.25) is 0 Å². The van der Waals surface area contributed by atoms with Crippen molar-refractivity contribution in [3.63, 3.8) is 0 Å². The number of ether oxygens (including phenoxy) is 1. The Morgan fingerprint density at radius 2 is 1.83 bits per heavy atom. The summed E-state index contributed by atoms with van der Waals surface area (Å²) in [6, 6.07) is 5.10. The van der Waals surface area contributed by atoms with Crippen LogP contribution in [0.15, 0.2) is 36.5 Å². The molecule has 0 aliphatic rings. The number of carbonyl (C=O) groups excluding carboxylic acids is 3. The number of H-pyrrole nitrogens is 1. The smallest absolute Gasteiger partial charge is 0.416 e. The van der Waals surface area contributed by atoms with E-state index >= 15 is 0 Å². The maximum absolute atomic E-state index is 12.6. The maximum Gasteiger partial charge on any atom is 0.416 e. The van der Waals surface area contributed by atoms with E-state index in [9.17, 15) is 27.6 Å². The standard InChI is InChI=1S/C16H12F3NO4/c1-9(21)11-6-13(20-7-11)15(23)24-8-14(22)10-3-2-4-12(5-10)16(17,18)19/h2-7,20H,8H2,1H3. The molecule has 0 radical (unpaired) electrons. The van der Waals surface area contributed by atoms with Crippen molar-refractivity contribution < 1.29 is 32.3 Å². The second-order valence-corrected chi connectivity index (χ2v) is 4.94. The fraction of sp³-hybridized carbons (Fsp3) is 0.188. The van der Waals surface area contributed by atoms with E-state index in [1.807, 2.05) is 0 Å². The molecule has 0 aliphatic carbocycles. The third-order valence-electron chi connectivity index (χ3n) is 3.16. The van der Waals surface area contributed by atoms with E-state index in [0.29, 0.717) is 6.07 Å². The third kappa shape index (κ3) is 4.09. The van der Waals surface area contributed by atoms with E-state index in [4.69, 9.17) is 4.74 Å². The molecule has 0 saturated heterocycles. The van der Waals surface area contributed by atoms with Gasteiger partial charge in [-0.2, -0.15) is 13.2 Å². The second kappa shape index (κ2) is 6.69. The van der Waals surface area contributed by atoms with Crippen molar-refractivity contribution in [3.8, 4) is 0 Å². The van der Waals surface area contributed by atoms with Crippen LogP contribution in [0.3, 0.4) is 0 Å². The highest BCUT2D eigenvalue weighted by molar-refractivity contribution is 6.00. The van der Waals surface area contributed by atoms with E-state index in [-0.39, 0.29) is 22.6 Å². The molecular formula is C16H12F3NO4. The lowest BCUT2D eigenvalue weighted by atomic mass is 10.1. The zero-order chi connectivity index (χ0) is 17.9. The van der Waals surface area contributed by atoms with E-state index in [1.54, 1.807) is 0 Å². The first-order valence-electron chi connectivity index (χ1n) is 6.75. The number of aromatic nitrogens is 1. The molecule has 24 heavy (non-hydrogen) atoms. The van der Waals surface area contributed by atoms with Crippen LogP contribution in [0.2, 0.25) is 0 Å². The summed E-state index contributed by atoms with van der Waals surface area (Å²) in [6.45, 7) is 0.601. The number of carbonyl (C=O) groups is 3. The van der Waals surface area contributed by atoms with Gasteiger partial charge in [0.25, 0.3) is 0 Å². The third-order valence-corrected chi connectivity index (χ3v) is 3.16. The van der Waals surface area contributed by atoms with E-state index in [0.717, 1.165) is 12.1 Å². The molecule has 0 saturated carbocycles. The lowest BCUT2D eigenvalue weighted by Gasteiger charge is -2.08. The SMILES string of the molecule is CC(=O)c1c[nH]c(C(=O)OCC(=O)c2cccc(C(F)(F)F)c2)c1. The first-order chi connectivity index (χ1) is 11.2. The van der Waals surface area contributed by atoms with Gasteiger partial charge in [-0.25, -0.2) is 4.79 Å². The summed E-state index contributed by atoms with van der Waals surface area (Å²) < 4.78 is 42.6. The summed E-state index contributed by atoms with van der Waals surface area (Å²) in [7, 11) is 0. The molecule has 2 rings (SSSR count). The number of aromatic amines is 1. The Morgan fingerprint density at radius 3 is 2.42 bits per heavy atom. The Bertz CT molecular complexity index is 793. The molecular weight excluding hydrogens is 327 g/mol. The van der Waals surface area contributed by atoms with Gasteiger partial charge in [-0.05, 0) is 25.1 Å². The fourth-order valence-electron chi connectivity index (χ4n) is 1.88. The van der Waals surface area contributed by atoms with Gasteiger partial charge < -0.3 is 9.72 Å². The van der Waals surface area contributed by atoms with Crippen molar-refractivity contribution in [2.75, 3.05) is 6.61 Å². The Kier molecular flexibility index (Phi) is 4.87. The van der Waals surface area contributed by atoms with Crippen LogP contribution in [-0.4, -0.2) is 29.1 Å². The van der Waals surface area contributed by atoms with Gasteiger partial charge in [0.1, 0.15) is 5.69 Å². The predicted molar refractivity (Wildman–Crippen MR) is 76.9 cm³/mol. The predicted octanol–water partition coefficient (Wildman–Crippen LogP) is 3.28. The van der Waals surface area contributed by atoms with Crippen LogP contribution in [0.25, 0.3) is 0 Å². The Morgan fingerprint density at radius 1 is 1.12 bits per heavy atom. The van der Waals surface area contributed by atoms with Crippen LogP contribution in [0, 0.1) is 0 Å². The number of benzene rings is 1. The number of alkyl halides is 3. The number of hydrogen-bond acceptors (Lipinski definition) is 4. The van der Waals surface area contributed by atoms with Crippen molar-refractivity contribution in [2.45, 2.75) is 13.1 Å². The molecule has 8 heteroatoms. The Balaban J connectivity index is 2.02. The lowest BCUT2D eigenvalue weighted by Crippen LogP contribution is -2.15. The number of halogens is 3. The minimum absolute atomic E-state index is 0.0305. The first-order valence-corrected chi connectivity index (χ1v) is 6.75. The zero-order valence-electron chi connectivity index (χ0n) is 12.4. The fourth-order valence-corrected chi connectivity index (χ4v) is 1.88. The molecule has 0 aliphatic heterocycles. The van der Waals surface area contributed by atoms with E-state index in [2.05, 4.69) is 4.98 Å². The average Bonchev–Trinajstić information content (AvgIpc) is 3.02. The van der Waals surface area contributed by atoms with Crippen LogP contribution < -0.4 is 0 Å². The maximum atomic E-state index is 12.6. The number of Topliss-reactive ketones (excluding diaryl/α,β-unsaturated/α-hetero) is 2. The van der Waals surface area contributed by atoms with Gasteiger partial charge in [-0.3, -0.25) is 9.59 Å². The molecule has 5 nitrogen and oxygen atoms in total. The van der Waals surface area contributed by atoms with Gasteiger partial charge in [0, 0.05) is 17.3 Å². The number of rotatable bonds is 5. The molecule has 0 bridgehead atoms. The number of ketones is 2. The first kappa shape index (κ1) is 17.5. The van der Waals surface area contributed by atoms with Crippen LogP contribution in [0.1, 0.15) is 43.7 Å². The minimum Gasteiger partial charge on any atom is -0.453 e. The summed E-state index contributed by atoms with van der Waals surface area (Å²) >= 11 is 0. The van der Waals surface area contributed by atoms with Crippen molar-refractivity contribution in [1.82, 2.24) is 4.98 Å². The Labute approximate surface area is 134 Å². The molecule has 1 heterocycles. The highest BCUT2D eigenvalue weighted by Gasteiger charge is 2.31. The number of esters is 1. The normalized spacial score (nSPS) is 11.2. The quantitative estimate of drug-likeness (QED) is 0.670. The number of nitrogens with one attached hydrogen (secondary N) is 1. The highest BCUT2D eigenvalue weighted by Crippen LogP contribution is 2.29. The molecule has 0 unspecified atom stereocenters. The summed E-state index contributed by atoms with van der Waals surface area (Å²) in [5, 5.41) is 0. The molecule has 1 aromatic carbocycles. The molecule has 126 valence electrons. The van der Waals surface area contributed by atoms with Gasteiger partial charge >= 0.3 is 12.1 Å². The zero-order valence-corrected chi connectivity index (χ0v) is 12.4. The second-order valence-electron chi connectivity index (χ2n) is 4.94. The molecule has 0 spiro atoms. The van der Waals surface area contributed by atoms with Crippen molar-refractivity contribution in [1.29, 1.82) is 0 Å². The molecule has 0 amide bonds. The van der Waals surface area contributed by atoms with E-state index < -0.39 is 30.1 Å². The van der Waals surface area contributed by atoms with Crippen LogP contribution in [0.5, 0.6) is 0 Å². The van der Waals surface area contributed by atoms with Crippen molar-refractivity contribution >= 4 is 17.5 Å². The largest absolute Gasteiger partial charge is 0.453 e. The molecule has 0 fully saturated rings. The number of hydrogen-bond donors (Lipinski definition) is 1. The average molecular weight is 339 g/mol. The Hall–Kier alpha value is -2.90. The lowest BCUT2D eigenvalue weighted by molar-refractivity contribution is -0.137. The summed E-state index contributed by atoms with van der Waals surface area (Å²) in [5.74, 6) is -1.92. The van der Waals surface area contributed by atoms with Crippen molar-refractivity contribution in [3.05, 3.63) is 58.9 Å². The van der Waals surface area contributed by atoms with Gasteiger partial charge in [0.15, 0.2) is 18.2 Å². The van der Waals surface area contributed by atoms with Gasteiger partial charge in [-0.1, -0.05) is 12.1 Å². The monoisotopic (exact) mass is 339 g/mol. The van der Waals surface area contributed by atoms with E-state index in [1.165, 1.54) is 25.3 Å². The minimum atomic E-state index is -4.57. The molecule has 1 aromatic heterocycles. The van der Waals surface area contributed by atoms with Gasteiger partial charge in [-0.15, -0.1) is 0 Å². The molecule has 0 atom stereocenters. The van der Waals surface area contributed by atoms with Crippen molar-refractivity contribution in [2.24, 2.45) is 0 Å². The highest BCUT2D eigenvalue weighted by atomic mass is 19.4. The van der Waals surface area contributed by atoms with Crippen LogP contribution >= 0.6 is 0 Å². The van der Waals surface area contributed by atoms with Crippen LogP contribution in [0.4, 0.5) is 13.2 Å². The molecule has 1 N–H and O–H groups in total. The summed E-state index contributed by atoms with van der Waals surface area (Å²) in [5.41, 5.74) is -0.938. The molecule has 2 aromatic rings. The topological polar surface area (TPSA) is 76.2 Å².